The summed E-state index contributed by atoms with van der Waals surface area (Å²) in [6.45, 7) is 4.71. The molecule has 0 N–H and O–H groups in total. The number of nitrogens with zero attached hydrogens (tertiary/aromatic N) is 3. The zero-order chi connectivity index (χ0) is 14.0. The van der Waals surface area contributed by atoms with Crippen molar-refractivity contribution in [1.29, 1.82) is 0 Å². The van der Waals surface area contributed by atoms with Crippen LogP contribution in [0.1, 0.15) is 51.3 Å². The third-order valence-corrected chi connectivity index (χ3v) is 3.95. The van der Waals surface area contributed by atoms with Crippen LogP contribution in [0.2, 0.25) is 5.02 Å². The van der Waals surface area contributed by atoms with E-state index >= 15 is 0 Å². The summed E-state index contributed by atoms with van der Waals surface area (Å²) in [6.07, 6.45) is 6.12. The highest BCUT2D eigenvalue weighted by atomic mass is 35.5. The fraction of sp³-hybridized carbons (Fsp3) is 0.714. The zero-order valence-electron chi connectivity index (χ0n) is 11.9. The van der Waals surface area contributed by atoms with Crippen LogP contribution in [0, 0.1) is 5.92 Å². The number of aryl methyl sites for hydroxylation is 1. The molecule has 0 aliphatic carbocycles. The Morgan fingerprint density at radius 3 is 2.74 bits per heavy atom. The van der Waals surface area contributed by atoms with Gasteiger partial charge in [0.2, 0.25) is 5.91 Å². The van der Waals surface area contributed by atoms with Gasteiger partial charge < -0.3 is 4.90 Å². The van der Waals surface area contributed by atoms with Crippen molar-refractivity contribution in [3.63, 3.8) is 0 Å². The summed E-state index contributed by atoms with van der Waals surface area (Å²) in [6, 6.07) is 0.0334. The minimum Gasteiger partial charge on any atom is -0.334 e. The van der Waals surface area contributed by atoms with Crippen molar-refractivity contribution in [2.75, 3.05) is 6.54 Å². The lowest BCUT2D eigenvalue weighted by Gasteiger charge is -2.30. The summed E-state index contributed by atoms with van der Waals surface area (Å²) in [4.78, 5) is 14.4. The van der Waals surface area contributed by atoms with Gasteiger partial charge in [-0.25, -0.2) is 0 Å². The van der Waals surface area contributed by atoms with Crippen LogP contribution < -0.4 is 0 Å². The summed E-state index contributed by atoms with van der Waals surface area (Å²) in [5.74, 6) is 0.219. The highest BCUT2D eigenvalue weighted by Gasteiger charge is 2.31. The van der Waals surface area contributed by atoms with Gasteiger partial charge in [-0.3, -0.25) is 9.48 Å². The van der Waals surface area contributed by atoms with E-state index in [-0.39, 0.29) is 17.9 Å². The van der Waals surface area contributed by atoms with Crippen molar-refractivity contribution in [3.05, 3.63) is 16.9 Å². The van der Waals surface area contributed by atoms with E-state index in [2.05, 4.69) is 5.10 Å². The number of amides is 1. The van der Waals surface area contributed by atoms with E-state index in [1.54, 1.807) is 10.9 Å². The first-order chi connectivity index (χ1) is 9.00. The van der Waals surface area contributed by atoms with Crippen LogP contribution in [0.15, 0.2) is 6.20 Å². The summed E-state index contributed by atoms with van der Waals surface area (Å²) < 4.78 is 1.72. The van der Waals surface area contributed by atoms with Crippen LogP contribution in [0.4, 0.5) is 0 Å². The van der Waals surface area contributed by atoms with Gasteiger partial charge >= 0.3 is 0 Å². The van der Waals surface area contributed by atoms with E-state index < -0.39 is 0 Å². The Morgan fingerprint density at radius 1 is 1.42 bits per heavy atom. The fourth-order valence-electron chi connectivity index (χ4n) is 2.69. The molecular formula is C14H22ClN3O. The molecule has 0 spiro atoms. The molecule has 0 unspecified atom stereocenters. The largest absolute Gasteiger partial charge is 0.334 e. The Morgan fingerprint density at radius 2 is 2.16 bits per heavy atom. The predicted octanol–water partition coefficient (Wildman–Crippen LogP) is 3.17. The van der Waals surface area contributed by atoms with Crippen LogP contribution in [-0.4, -0.2) is 27.1 Å². The molecule has 1 aliphatic heterocycles. The molecule has 0 saturated carbocycles. The number of carbonyl (C=O) groups excluding carboxylic acids is 1. The molecule has 1 aliphatic rings. The van der Waals surface area contributed by atoms with Gasteiger partial charge in [-0.2, -0.15) is 5.10 Å². The fourth-order valence-corrected chi connectivity index (χ4v) is 3.00. The van der Waals surface area contributed by atoms with Gasteiger partial charge in [-0.05, 0) is 12.8 Å². The second-order valence-electron chi connectivity index (χ2n) is 5.59. The van der Waals surface area contributed by atoms with Crippen molar-refractivity contribution in [1.82, 2.24) is 14.7 Å². The third kappa shape index (κ3) is 3.11. The molecule has 106 valence electrons. The lowest BCUT2D eigenvalue weighted by Crippen LogP contribution is -2.37. The lowest BCUT2D eigenvalue weighted by molar-refractivity contribution is -0.137. The zero-order valence-corrected chi connectivity index (χ0v) is 12.7. The Hall–Kier alpha value is -1.03. The number of aromatic nitrogens is 2. The third-order valence-electron chi connectivity index (χ3n) is 3.66. The SMILES string of the molecule is CC(C)C(=O)N1CCCCC[C@@H]1c1nn(C)cc1Cl. The number of halogens is 1. The van der Waals surface area contributed by atoms with Gasteiger partial charge in [0.1, 0.15) is 5.69 Å². The van der Waals surface area contributed by atoms with E-state index in [9.17, 15) is 4.79 Å². The number of hydrogen-bond donors (Lipinski definition) is 0. The number of hydrogen-bond acceptors (Lipinski definition) is 2. The minimum atomic E-state index is 0.0167. The quantitative estimate of drug-likeness (QED) is 0.836. The maximum atomic E-state index is 12.4. The molecule has 1 atom stereocenters. The van der Waals surface area contributed by atoms with E-state index in [1.165, 1.54) is 6.42 Å². The van der Waals surface area contributed by atoms with Gasteiger partial charge in [-0.15, -0.1) is 0 Å². The van der Waals surface area contributed by atoms with Crippen LogP contribution in [0.3, 0.4) is 0 Å². The molecule has 1 fully saturated rings. The average Bonchev–Trinajstić information content (AvgIpc) is 2.57. The first-order valence-corrected chi connectivity index (χ1v) is 7.38. The molecule has 1 aromatic rings. The molecule has 1 amide bonds. The van der Waals surface area contributed by atoms with Crippen molar-refractivity contribution in [2.45, 2.75) is 45.6 Å². The van der Waals surface area contributed by atoms with Gasteiger partial charge in [0.15, 0.2) is 0 Å². The van der Waals surface area contributed by atoms with Crippen LogP contribution in [-0.2, 0) is 11.8 Å². The monoisotopic (exact) mass is 283 g/mol. The number of rotatable bonds is 2. The second-order valence-corrected chi connectivity index (χ2v) is 5.99. The summed E-state index contributed by atoms with van der Waals surface area (Å²) >= 11 is 6.26. The Balaban J connectivity index is 2.32. The van der Waals surface area contributed by atoms with E-state index in [0.717, 1.165) is 31.5 Å². The van der Waals surface area contributed by atoms with Crippen molar-refractivity contribution >= 4 is 17.5 Å². The van der Waals surface area contributed by atoms with Crippen LogP contribution in [0.5, 0.6) is 0 Å². The van der Waals surface area contributed by atoms with E-state index in [0.29, 0.717) is 5.02 Å². The molecule has 0 bridgehead atoms. The summed E-state index contributed by atoms with van der Waals surface area (Å²) in [5.41, 5.74) is 0.847. The maximum Gasteiger partial charge on any atom is 0.225 e. The van der Waals surface area contributed by atoms with Crippen LogP contribution >= 0.6 is 11.6 Å². The normalized spacial score (nSPS) is 20.7. The highest BCUT2D eigenvalue weighted by Crippen LogP contribution is 2.33. The average molecular weight is 284 g/mol. The predicted molar refractivity (Wildman–Crippen MR) is 76.0 cm³/mol. The second kappa shape index (κ2) is 5.95. The Bertz CT molecular complexity index is 456. The molecule has 4 nitrogen and oxygen atoms in total. The first-order valence-electron chi connectivity index (χ1n) is 7.00. The summed E-state index contributed by atoms with van der Waals surface area (Å²) in [5, 5.41) is 5.12. The molecule has 2 rings (SSSR count). The minimum absolute atomic E-state index is 0.0167. The molecule has 5 heteroatoms. The van der Waals surface area contributed by atoms with Gasteiger partial charge in [-0.1, -0.05) is 38.3 Å². The van der Waals surface area contributed by atoms with Gasteiger partial charge in [0.25, 0.3) is 0 Å². The molecule has 0 radical (unpaired) electrons. The number of carbonyl (C=O) groups is 1. The summed E-state index contributed by atoms with van der Waals surface area (Å²) in [7, 11) is 1.86. The maximum absolute atomic E-state index is 12.4. The molecule has 2 heterocycles. The van der Waals surface area contributed by atoms with E-state index in [4.69, 9.17) is 11.6 Å². The molecule has 1 saturated heterocycles. The Labute approximate surface area is 119 Å². The van der Waals surface area contributed by atoms with Gasteiger partial charge in [0, 0.05) is 25.7 Å². The molecule has 1 aromatic heterocycles. The topological polar surface area (TPSA) is 38.1 Å². The van der Waals surface area contributed by atoms with E-state index in [1.807, 2.05) is 25.8 Å². The van der Waals surface area contributed by atoms with Gasteiger partial charge in [0.05, 0.1) is 11.1 Å². The highest BCUT2D eigenvalue weighted by molar-refractivity contribution is 6.31. The van der Waals surface area contributed by atoms with Crippen molar-refractivity contribution < 1.29 is 4.79 Å². The molecule has 19 heavy (non-hydrogen) atoms. The smallest absolute Gasteiger partial charge is 0.225 e. The van der Waals surface area contributed by atoms with Crippen molar-refractivity contribution in [3.8, 4) is 0 Å². The first kappa shape index (κ1) is 14.4. The lowest BCUT2D eigenvalue weighted by atomic mass is 10.0. The van der Waals surface area contributed by atoms with Crippen molar-refractivity contribution in [2.24, 2.45) is 13.0 Å². The number of likely N-dealkylation sites (tertiary alicyclic amines) is 1. The standard InChI is InChI=1S/C14H22ClN3O/c1-10(2)14(19)18-8-6-4-5-7-12(18)13-11(15)9-17(3)16-13/h9-10,12H,4-8H2,1-3H3/t12-/m1/s1. The van der Waals surface area contributed by atoms with Crippen LogP contribution in [0.25, 0.3) is 0 Å². The Kier molecular flexibility index (Phi) is 4.50. The molecule has 0 aromatic carbocycles. The molecular weight excluding hydrogens is 262 g/mol.